The molecule has 3 amide bonds. The van der Waals surface area contributed by atoms with Gasteiger partial charge in [-0.2, -0.15) is 0 Å². The van der Waals surface area contributed by atoms with Crippen molar-refractivity contribution >= 4 is 53.0 Å². The van der Waals surface area contributed by atoms with E-state index in [9.17, 15) is 38.7 Å². The summed E-state index contributed by atoms with van der Waals surface area (Å²) in [5, 5.41) is 17.9. The third kappa shape index (κ3) is 26.0. The number of carbonyl (C=O) groups is 7. The Morgan fingerprint density at radius 1 is 0.495 bits per heavy atom. The van der Waals surface area contributed by atoms with Gasteiger partial charge in [-0.05, 0) is 172 Å². The number of nitrogens with one attached hydrogen (secondary N) is 3. The number of unbranched alkanes of at least 4 members (excludes halogenated alkanes) is 8. The van der Waals surface area contributed by atoms with E-state index in [0.29, 0.717) is 76.3 Å². The Bertz CT molecular complexity index is 3570. The van der Waals surface area contributed by atoms with Gasteiger partial charge >= 0.3 is 23.9 Å². The average molecular weight is 1300 g/mol. The van der Waals surface area contributed by atoms with Crippen LogP contribution in [0.2, 0.25) is 0 Å². The lowest BCUT2D eigenvalue weighted by atomic mass is 10.0. The van der Waals surface area contributed by atoms with Gasteiger partial charge in [0.2, 0.25) is 5.91 Å². The van der Waals surface area contributed by atoms with Crippen LogP contribution >= 0.6 is 0 Å². The van der Waals surface area contributed by atoms with Gasteiger partial charge < -0.3 is 64.7 Å². The van der Waals surface area contributed by atoms with Gasteiger partial charge in [-0.3, -0.25) is 14.4 Å². The fourth-order valence-corrected chi connectivity index (χ4v) is 9.42. The largest absolute Gasteiger partial charge is 0.494 e. The molecule has 0 radical (unpaired) electrons. The normalized spacial score (nSPS) is 11.5. The molecule has 7 rings (SSSR count). The van der Waals surface area contributed by atoms with Crippen LogP contribution in [0.1, 0.15) is 157 Å². The molecule has 0 aliphatic rings. The number of nitrogens with two attached hydrogens (primary N) is 1. The van der Waals surface area contributed by atoms with Gasteiger partial charge in [0.05, 0.1) is 45.2 Å². The number of esters is 3. The molecule has 95 heavy (non-hydrogen) atoms. The van der Waals surface area contributed by atoms with Crippen LogP contribution in [0.3, 0.4) is 0 Å². The van der Waals surface area contributed by atoms with Crippen molar-refractivity contribution in [1.29, 1.82) is 0 Å². The van der Waals surface area contributed by atoms with Gasteiger partial charge in [0, 0.05) is 35.3 Å². The highest BCUT2D eigenvalue weighted by Crippen LogP contribution is 2.32. The number of amides is 3. The number of carboxylic acids is 1. The molecule has 2 atom stereocenters. The van der Waals surface area contributed by atoms with E-state index < -0.39 is 53.4 Å². The molecule has 6 N–H and O–H groups in total. The summed E-state index contributed by atoms with van der Waals surface area (Å²) in [6.07, 6.45) is 11.5. The second kappa shape index (κ2) is 38.7. The van der Waals surface area contributed by atoms with E-state index in [1.54, 1.807) is 136 Å². The number of carboxylic acid groups (broad SMARTS) is 1. The number of hydrogen-bond donors (Lipinski definition) is 5. The molecule has 0 bridgehead atoms. The molecule has 504 valence electrons. The first kappa shape index (κ1) is 73.8. The monoisotopic (exact) mass is 1300 g/mol. The molecule has 0 fully saturated rings. The topological polar surface area (TPSA) is 276 Å². The lowest BCUT2D eigenvalue weighted by Gasteiger charge is -2.25. The van der Waals surface area contributed by atoms with Crippen LogP contribution < -0.4 is 50.1 Å². The van der Waals surface area contributed by atoms with Crippen molar-refractivity contribution < 1.29 is 76.6 Å². The van der Waals surface area contributed by atoms with E-state index in [4.69, 9.17) is 43.6 Å². The number of ether oxygens (including phenoxy) is 8. The number of benzene rings is 7. The van der Waals surface area contributed by atoms with Crippen LogP contribution in [0.25, 0.3) is 0 Å². The Morgan fingerprint density at radius 2 is 0.937 bits per heavy atom. The summed E-state index contributed by atoms with van der Waals surface area (Å²) in [6.45, 7) is 11.0. The molecule has 20 heteroatoms. The first-order valence-electron chi connectivity index (χ1n) is 31.9. The summed E-state index contributed by atoms with van der Waals surface area (Å²) < 4.78 is 44.7. The predicted molar refractivity (Wildman–Crippen MR) is 363 cm³/mol. The van der Waals surface area contributed by atoms with E-state index in [2.05, 4.69) is 29.8 Å². The SMILES string of the molecule is CCCCCCCOc1ccc(C(=O)Oc2ccc(CC(NC(=O)c3ccc(N)cc3)C(=O)OC(C)(C)C)cc2OC)cc1.CCCCCCCOc1ccc(C(=O)Oc2ccc(CC(NC(=O)c3ccc(NC(=O)COCc4ccccc4)cc3)C(=O)O)cc2OC)cc1. The molecular formula is C75H88N4O16. The van der Waals surface area contributed by atoms with Crippen LogP contribution in [0.5, 0.6) is 34.5 Å². The molecule has 0 aliphatic heterocycles. The average Bonchev–Trinajstić information content (AvgIpc) is 2.97. The van der Waals surface area contributed by atoms with Gasteiger partial charge in [-0.15, -0.1) is 0 Å². The van der Waals surface area contributed by atoms with Gasteiger partial charge in [-0.25, -0.2) is 19.2 Å². The van der Waals surface area contributed by atoms with Crippen LogP contribution in [-0.4, -0.2) is 98.4 Å². The summed E-state index contributed by atoms with van der Waals surface area (Å²) in [7, 11) is 2.87. The Labute approximate surface area is 556 Å². The zero-order valence-corrected chi connectivity index (χ0v) is 55.2. The minimum Gasteiger partial charge on any atom is -0.494 e. The molecule has 0 saturated carbocycles. The summed E-state index contributed by atoms with van der Waals surface area (Å²) in [6, 6.07) is 42.8. The van der Waals surface area contributed by atoms with Crippen LogP contribution in [0.15, 0.2) is 164 Å². The molecule has 7 aromatic carbocycles. The standard InChI is InChI=1S/C40H44N2O9.C35H44N2O7/c1-3-4-5-6-10-23-50-33-20-16-31(17-21-33)40(47)51-35-22-13-29(25-36(35)48-2)24-34(39(45)46)42-38(44)30-14-18-32(19-15-30)41-37(43)27-49-26-28-11-8-7-9-12-28;1-6-7-8-9-10-21-42-28-18-14-26(15-19-28)33(39)43-30-20-11-24(23-31(30)41-5)22-29(34(40)44-35(2,3)4)37-32(38)25-12-16-27(36)17-13-25/h7-9,11-22,25,34H,3-6,10,23-24,26-27H2,1-2H3,(H,41,43)(H,42,44)(H,45,46);11-20,23,29H,6-10,21-22,36H2,1-5H3,(H,37,38). The highest BCUT2D eigenvalue weighted by molar-refractivity contribution is 5.99. The molecule has 0 spiro atoms. The lowest BCUT2D eigenvalue weighted by Crippen LogP contribution is -2.45. The summed E-state index contributed by atoms with van der Waals surface area (Å²) in [4.78, 5) is 89.0. The van der Waals surface area contributed by atoms with Gasteiger partial charge in [0.1, 0.15) is 35.8 Å². The van der Waals surface area contributed by atoms with Crippen molar-refractivity contribution in [2.75, 3.05) is 45.1 Å². The number of anilines is 2. The molecule has 20 nitrogen and oxygen atoms in total. The third-order valence-electron chi connectivity index (χ3n) is 14.5. The second-order valence-corrected chi connectivity index (χ2v) is 23.4. The summed E-state index contributed by atoms with van der Waals surface area (Å²) in [5.74, 6) is -2.10. The second-order valence-electron chi connectivity index (χ2n) is 23.4. The Balaban J connectivity index is 0.000000304. The van der Waals surface area contributed by atoms with Crippen LogP contribution in [0, 0.1) is 0 Å². The van der Waals surface area contributed by atoms with Crippen LogP contribution in [0.4, 0.5) is 11.4 Å². The highest BCUT2D eigenvalue weighted by atomic mass is 16.6. The maximum Gasteiger partial charge on any atom is 0.343 e. The van der Waals surface area contributed by atoms with Crippen molar-refractivity contribution in [3.63, 3.8) is 0 Å². The highest BCUT2D eigenvalue weighted by Gasteiger charge is 2.29. The number of aliphatic carboxylic acids is 1. The number of nitrogen functional groups attached to an aromatic ring is 1. The molecule has 0 aromatic heterocycles. The van der Waals surface area contributed by atoms with Crippen LogP contribution in [-0.2, 0) is 43.3 Å². The Morgan fingerprint density at radius 3 is 1.39 bits per heavy atom. The number of hydrogen-bond acceptors (Lipinski definition) is 16. The maximum absolute atomic E-state index is 13.1. The van der Waals surface area contributed by atoms with Crippen molar-refractivity contribution in [2.24, 2.45) is 0 Å². The van der Waals surface area contributed by atoms with E-state index in [1.807, 2.05) is 30.3 Å². The number of methoxy groups -OCH3 is 2. The van der Waals surface area contributed by atoms with Crippen molar-refractivity contribution in [1.82, 2.24) is 10.6 Å². The first-order chi connectivity index (χ1) is 45.7. The molecule has 2 unspecified atom stereocenters. The maximum atomic E-state index is 13.1. The van der Waals surface area contributed by atoms with Gasteiger partial charge in [0.25, 0.3) is 11.8 Å². The molecule has 0 heterocycles. The fourth-order valence-electron chi connectivity index (χ4n) is 9.42. The zero-order valence-electron chi connectivity index (χ0n) is 55.2. The minimum absolute atomic E-state index is 0.0666. The van der Waals surface area contributed by atoms with E-state index in [-0.39, 0.29) is 48.2 Å². The van der Waals surface area contributed by atoms with Crippen molar-refractivity contribution in [3.8, 4) is 34.5 Å². The van der Waals surface area contributed by atoms with Gasteiger partial charge in [0.15, 0.2) is 23.0 Å². The lowest BCUT2D eigenvalue weighted by molar-refractivity contribution is -0.157. The smallest absolute Gasteiger partial charge is 0.343 e. The molecule has 0 aliphatic carbocycles. The van der Waals surface area contributed by atoms with E-state index in [0.717, 1.165) is 31.2 Å². The number of rotatable bonds is 35. The third-order valence-corrected chi connectivity index (χ3v) is 14.5. The molecule has 7 aromatic rings. The Hall–Kier alpha value is -10.2. The van der Waals surface area contributed by atoms with Crippen molar-refractivity contribution in [2.45, 2.75) is 136 Å². The Kier molecular flexibility index (Phi) is 30.1. The van der Waals surface area contributed by atoms with Crippen molar-refractivity contribution in [3.05, 3.63) is 203 Å². The summed E-state index contributed by atoms with van der Waals surface area (Å²) in [5.41, 5.74) is 9.35. The quantitative estimate of drug-likeness (QED) is 0.0107. The molecular weight excluding hydrogens is 1210 g/mol. The van der Waals surface area contributed by atoms with E-state index >= 15 is 0 Å². The number of carbonyl (C=O) groups excluding carboxylic acids is 6. The zero-order chi connectivity index (χ0) is 68.5. The van der Waals surface area contributed by atoms with E-state index in [1.165, 1.54) is 70.9 Å². The summed E-state index contributed by atoms with van der Waals surface area (Å²) >= 11 is 0. The fraction of sp³-hybridized carbons (Fsp3) is 0.347. The predicted octanol–water partition coefficient (Wildman–Crippen LogP) is 13.4. The molecule has 0 saturated heterocycles. The van der Waals surface area contributed by atoms with Gasteiger partial charge in [-0.1, -0.05) is 108 Å². The minimum atomic E-state index is -1.27. The first-order valence-corrected chi connectivity index (χ1v) is 31.9.